The zero-order valence-electron chi connectivity index (χ0n) is 8.73. The first kappa shape index (κ1) is 11.4. The maximum atomic E-state index is 11.0. The molecule has 0 saturated heterocycles. The molecule has 1 fully saturated rings. The molecule has 15 heavy (non-hydrogen) atoms. The third kappa shape index (κ3) is 4.96. The Labute approximate surface area is 89.1 Å². The van der Waals surface area contributed by atoms with E-state index in [0.29, 0.717) is 18.0 Å². The minimum atomic E-state index is -0.256. The highest BCUT2D eigenvalue weighted by Crippen LogP contribution is 2.08. The summed E-state index contributed by atoms with van der Waals surface area (Å²) >= 11 is 0. The van der Waals surface area contributed by atoms with Crippen LogP contribution in [0.15, 0.2) is 30.3 Å². The van der Waals surface area contributed by atoms with Crippen LogP contribution in [0.5, 0.6) is 0 Å². The molecule has 2 rings (SSSR count). The molecule has 1 aliphatic carbocycles. The molecule has 0 heterocycles. The molecule has 0 spiro atoms. The van der Waals surface area contributed by atoms with Gasteiger partial charge in [-0.15, -0.1) is 0 Å². The minimum Gasteiger partial charge on any atom is -0.462 e. The van der Waals surface area contributed by atoms with E-state index in [1.165, 1.54) is 0 Å². The van der Waals surface area contributed by atoms with Crippen molar-refractivity contribution in [2.75, 3.05) is 6.61 Å². The molecule has 3 nitrogen and oxygen atoms in total. The van der Waals surface area contributed by atoms with Crippen molar-refractivity contribution in [3.8, 4) is 0 Å². The molecule has 0 atom stereocenters. The number of carbonyl (C=O) groups is 2. The third-order valence-electron chi connectivity index (χ3n) is 1.74. The van der Waals surface area contributed by atoms with Crippen molar-refractivity contribution in [2.24, 2.45) is 0 Å². The molecular weight excluding hydrogens is 192 g/mol. The Morgan fingerprint density at radius 2 is 1.80 bits per heavy atom. The van der Waals surface area contributed by atoms with Crippen molar-refractivity contribution in [1.29, 1.82) is 0 Å². The summed E-state index contributed by atoms with van der Waals surface area (Å²) in [6.45, 7) is 2.22. The van der Waals surface area contributed by atoms with E-state index in [1.807, 2.05) is 18.2 Å². The van der Waals surface area contributed by atoms with Crippen molar-refractivity contribution in [2.45, 2.75) is 19.8 Å². The largest absolute Gasteiger partial charge is 0.462 e. The lowest BCUT2D eigenvalue weighted by Crippen LogP contribution is -2.03. The lowest BCUT2D eigenvalue weighted by Gasteiger charge is -1.99. The number of hydrogen-bond donors (Lipinski definition) is 0. The maximum absolute atomic E-state index is 11.0. The predicted octanol–water partition coefficient (Wildman–Crippen LogP) is 2.21. The Balaban J connectivity index is 0.000000234. The highest BCUT2D eigenvalue weighted by Gasteiger charge is 2.13. The van der Waals surface area contributed by atoms with Crippen LogP contribution in [0.25, 0.3) is 0 Å². The van der Waals surface area contributed by atoms with E-state index in [9.17, 15) is 9.59 Å². The number of ether oxygens (including phenoxy) is 1. The summed E-state index contributed by atoms with van der Waals surface area (Å²) in [7, 11) is 0. The number of ketones is 1. The minimum absolute atomic E-state index is 0.256. The second-order valence-electron chi connectivity index (χ2n) is 3.13. The van der Waals surface area contributed by atoms with E-state index in [2.05, 4.69) is 0 Å². The SMILES string of the molecule is CCOC(=O)c1ccccc1.O=C1CC1. The average molecular weight is 206 g/mol. The standard InChI is InChI=1S/C9H10O2.C3H4O/c1-2-11-9(10)8-6-4-3-5-7-8;4-3-1-2-3/h3-7H,2H2,1H3;1-2H2. The van der Waals surface area contributed by atoms with E-state index < -0.39 is 0 Å². The summed E-state index contributed by atoms with van der Waals surface area (Å²) in [6, 6.07) is 8.96. The number of esters is 1. The first-order chi connectivity index (χ1) is 7.24. The fraction of sp³-hybridized carbons (Fsp3) is 0.333. The van der Waals surface area contributed by atoms with Crippen LogP contribution in [0.3, 0.4) is 0 Å². The van der Waals surface area contributed by atoms with Gasteiger partial charge in [0.05, 0.1) is 12.2 Å². The summed E-state index contributed by atoms with van der Waals surface area (Å²) in [4.78, 5) is 20.6. The first-order valence-electron chi connectivity index (χ1n) is 4.98. The zero-order valence-corrected chi connectivity index (χ0v) is 8.73. The zero-order chi connectivity index (χ0) is 11.1. The van der Waals surface area contributed by atoms with Gasteiger partial charge < -0.3 is 4.74 Å². The topological polar surface area (TPSA) is 43.4 Å². The van der Waals surface area contributed by atoms with Crippen LogP contribution < -0.4 is 0 Å². The summed E-state index contributed by atoms with van der Waals surface area (Å²) < 4.78 is 4.79. The van der Waals surface area contributed by atoms with Gasteiger partial charge in [-0.1, -0.05) is 18.2 Å². The van der Waals surface area contributed by atoms with E-state index in [-0.39, 0.29) is 5.97 Å². The van der Waals surface area contributed by atoms with E-state index >= 15 is 0 Å². The Morgan fingerprint density at radius 1 is 1.27 bits per heavy atom. The molecule has 0 aromatic heterocycles. The second-order valence-corrected chi connectivity index (χ2v) is 3.13. The molecule has 0 N–H and O–H groups in total. The number of carbonyl (C=O) groups excluding carboxylic acids is 2. The van der Waals surface area contributed by atoms with Crippen molar-refractivity contribution in [1.82, 2.24) is 0 Å². The van der Waals surface area contributed by atoms with E-state index in [0.717, 1.165) is 12.8 Å². The van der Waals surface area contributed by atoms with Crippen LogP contribution >= 0.6 is 0 Å². The molecule has 1 aromatic rings. The van der Waals surface area contributed by atoms with Crippen LogP contribution in [0.4, 0.5) is 0 Å². The van der Waals surface area contributed by atoms with E-state index in [1.54, 1.807) is 19.1 Å². The molecule has 0 radical (unpaired) electrons. The molecule has 0 aliphatic heterocycles. The summed E-state index contributed by atoms with van der Waals surface area (Å²) in [5.74, 6) is 0.160. The number of rotatable bonds is 2. The smallest absolute Gasteiger partial charge is 0.338 e. The van der Waals surface area contributed by atoms with Gasteiger partial charge in [0.2, 0.25) is 0 Å². The Morgan fingerprint density at radius 3 is 2.20 bits per heavy atom. The predicted molar refractivity (Wildman–Crippen MR) is 56.6 cm³/mol. The Kier molecular flexibility index (Phi) is 4.54. The highest BCUT2D eigenvalue weighted by molar-refractivity contribution is 5.92. The monoisotopic (exact) mass is 206 g/mol. The molecule has 1 aliphatic rings. The summed E-state index contributed by atoms with van der Waals surface area (Å²) in [5.41, 5.74) is 0.606. The van der Waals surface area contributed by atoms with Gasteiger partial charge in [0.1, 0.15) is 5.78 Å². The Bertz CT molecular complexity index is 324. The van der Waals surface area contributed by atoms with Crippen LogP contribution in [0, 0.1) is 0 Å². The average Bonchev–Trinajstić information content (AvgIpc) is 3.03. The quantitative estimate of drug-likeness (QED) is 0.697. The molecule has 0 amide bonds. The molecule has 3 heteroatoms. The van der Waals surface area contributed by atoms with Gasteiger partial charge in [0.25, 0.3) is 0 Å². The maximum Gasteiger partial charge on any atom is 0.338 e. The first-order valence-corrected chi connectivity index (χ1v) is 4.98. The van der Waals surface area contributed by atoms with Crippen LogP contribution in [0.2, 0.25) is 0 Å². The Hall–Kier alpha value is -1.64. The molecular formula is C12H14O3. The van der Waals surface area contributed by atoms with Gasteiger partial charge in [-0.3, -0.25) is 4.79 Å². The molecule has 0 unspecified atom stereocenters. The fourth-order valence-corrected chi connectivity index (χ4v) is 0.840. The fourth-order valence-electron chi connectivity index (χ4n) is 0.840. The number of Topliss-reactive ketones (excluding diaryl/α,β-unsaturated/α-hetero) is 1. The lowest BCUT2D eigenvalue weighted by molar-refractivity contribution is -0.109. The summed E-state index contributed by atoms with van der Waals surface area (Å²) in [5, 5.41) is 0. The normalized spacial score (nSPS) is 12.5. The molecule has 1 aromatic carbocycles. The van der Waals surface area contributed by atoms with Crippen LogP contribution in [0.1, 0.15) is 30.1 Å². The molecule has 0 bridgehead atoms. The van der Waals surface area contributed by atoms with Crippen molar-refractivity contribution >= 4 is 11.8 Å². The van der Waals surface area contributed by atoms with Crippen molar-refractivity contribution < 1.29 is 14.3 Å². The van der Waals surface area contributed by atoms with Crippen LogP contribution in [-0.2, 0) is 9.53 Å². The second kappa shape index (κ2) is 5.96. The van der Waals surface area contributed by atoms with Gasteiger partial charge in [0.15, 0.2) is 0 Å². The molecule has 1 saturated carbocycles. The third-order valence-corrected chi connectivity index (χ3v) is 1.74. The number of benzene rings is 1. The van der Waals surface area contributed by atoms with Gasteiger partial charge in [-0.2, -0.15) is 0 Å². The van der Waals surface area contributed by atoms with Gasteiger partial charge in [0, 0.05) is 12.8 Å². The number of hydrogen-bond acceptors (Lipinski definition) is 3. The van der Waals surface area contributed by atoms with Gasteiger partial charge in [-0.05, 0) is 19.1 Å². The highest BCUT2D eigenvalue weighted by atomic mass is 16.5. The van der Waals surface area contributed by atoms with Crippen molar-refractivity contribution in [3.05, 3.63) is 35.9 Å². The van der Waals surface area contributed by atoms with E-state index in [4.69, 9.17) is 4.74 Å². The van der Waals surface area contributed by atoms with Gasteiger partial charge in [-0.25, -0.2) is 4.79 Å². The van der Waals surface area contributed by atoms with Gasteiger partial charge >= 0.3 is 5.97 Å². The lowest BCUT2D eigenvalue weighted by atomic mass is 10.2. The van der Waals surface area contributed by atoms with Crippen molar-refractivity contribution in [3.63, 3.8) is 0 Å². The summed E-state index contributed by atoms with van der Waals surface area (Å²) in [6.07, 6.45) is 1.69. The van der Waals surface area contributed by atoms with Crippen LogP contribution in [-0.4, -0.2) is 18.4 Å². The molecule has 80 valence electrons.